The summed E-state index contributed by atoms with van der Waals surface area (Å²) >= 11 is 5.79. The van der Waals surface area contributed by atoms with Gasteiger partial charge in [0.15, 0.2) is 0 Å². The van der Waals surface area contributed by atoms with E-state index < -0.39 is 10.0 Å². The number of pyridine rings is 1. The number of aromatic amines is 1. The van der Waals surface area contributed by atoms with Crippen LogP contribution in [-0.2, 0) is 16.6 Å². The monoisotopic (exact) mass is 362 g/mol. The molecule has 0 spiro atoms. The van der Waals surface area contributed by atoms with E-state index in [1.807, 2.05) is 18.2 Å². The molecule has 3 rings (SSSR count). The van der Waals surface area contributed by atoms with Crippen molar-refractivity contribution in [2.24, 2.45) is 0 Å². The molecular formula is C17H15ClN2O3S. The molecule has 0 unspecified atom stereocenters. The minimum Gasteiger partial charge on any atom is -0.322 e. The second kappa shape index (κ2) is 6.39. The first-order chi connectivity index (χ1) is 11.4. The van der Waals surface area contributed by atoms with Gasteiger partial charge in [-0.2, -0.15) is 4.31 Å². The molecule has 2 aromatic carbocycles. The zero-order valence-corrected chi connectivity index (χ0v) is 14.4. The average Bonchev–Trinajstić information content (AvgIpc) is 2.56. The van der Waals surface area contributed by atoms with E-state index in [0.29, 0.717) is 10.6 Å². The topological polar surface area (TPSA) is 70.2 Å². The van der Waals surface area contributed by atoms with Gasteiger partial charge in [0.05, 0.1) is 4.90 Å². The molecule has 5 nitrogen and oxygen atoms in total. The van der Waals surface area contributed by atoms with Gasteiger partial charge in [-0.3, -0.25) is 4.79 Å². The zero-order valence-electron chi connectivity index (χ0n) is 12.9. The van der Waals surface area contributed by atoms with Crippen LogP contribution < -0.4 is 5.56 Å². The highest BCUT2D eigenvalue weighted by Gasteiger charge is 2.21. The minimum atomic E-state index is -3.70. The summed E-state index contributed by atoms with van der Waals surface area (Å²) in [6.07, 6.45) is 0. The Labute approximate surface area is 144 Å². The van der Waals surface area contributed by atoms with E-state index in [2.05, 4.69) is 4.98 Å². The predicted molar refractivity (Wildman–Crippen MR) is 94.7 cm³/mol. The fraction of sp³-hybridized carbons (Fsp3) is 0.118. The Kier molecular flexibility index (Phi) is 4.45. The molecule has 3 aromatic rings. The second-order valence-electron chi connectivity index (χ2n) is 5.43. The van der Waals surface area contributed by atoms with Gasteiger partial charge in [0, 0.05) is 29.7 Å². The smallest absolute Gasteiger partial charge is 0.252 e. The summed E-state index contributed by atoms with van der Waals surface area (Å²) in [5.41, 5.74) is 0.801. The van der Waals surface area contributed by atoms with Gasteiger partial charge in [-0.05, 0) is 41.8 Å². The summed E-state index contributed by atoms with van der Waals surface area (Å²) in [5, 5.41) is 1.31. The summed E-state index contributed by atoms with van der Waals surface area (Å²) in [5.74, 6) is 0. The number of para-hydroxylation sites is 1. The Morgan fingerprint density at radius 3 is 2.46 bits per heavy atom. The van der Waals surface area contributed by atoms with E-state index in [9.17, 15) is 13.2 Å². The maximum absolute atomic E-state index is 12.6. The lowest BCUT2D eigenvalue weighted by molar-refractivity contribution is 0.465. The number of fused-ring (bicyclic) bond motifs is 1. The fourth-order valence-electron chi connectivity index (χ4n) is 2.42. The number of benzene rings is 2. The molecule has 1 aromatic heterocycles. The van der Waals surface area contributed by atoms with E-state index in [0.717, 1.165) is 15.2 Å². The molecule has 0 saturated carbocycles. The Hall–Kier alpha value is -2.15. The van der Waals surface area contributed by atoms with Gasteiger partial charge in [0.1, 0.15) is 0 Å². The van der Waals surface area contributed by atoms with Crippen LogP contribution in [0.25, 0.3) is 10.9 Å². The van der Waals surface area contributed by atoms with Crippen molar-refractivity contribution in [1.29, 1.82) is 0 Å². The van der Waals surface area contributed by atoms with Crippen molar-refractivity contribution in [2.45, 2.75) is 11.4 Å². The second-order valence-corrected chi connectivity index (χ2v) is 7.91. The third-order valence-electron chi connectivity index (χ3n) is 3.75. The van der Waals surface area contributed by atoms with Crippen LogP contribution in [0.1, 0.15) is 5.56 Å². The van der Waals surface area contributed by atoms with E-state index in [1.54, 1.807) is 12.1 Å². The van der Waals surface area contributed by atoms with Crippen LogP contribution in [0.2, 0.25) is 5.02 Å². The molecule has 124 valence electrons. The first kappa shape index (κ1) is 16.7. The Bertz CT molecular complexity index is 1040. The Balaban J connectivity index is 1.94. The molecule has 0 atom stereocenters. The molecule has 0 aliphatic carbocycles. The summed E-state index contributed by atoms with van der Waals surface area (Å²) < 4.78 is 26.3. The molecule has 0 radical (unpaired) electrons. The number of nitrogens with one attached hydrogen (secondary N) is 1. The van der Waals surface area contributed by atoms with Crippen LogP contribution >= 0.6 is 11.6 Å². The first-order valence-corrected chi connectivity index (χ1v) is 9.02. The number of hydrogen-bond acceptors (Lipinski definition) is 3. The molecule has 0 saturated heterocycles. The van der Waals surface area contributed by atoms with Crippen LogP contribution in [0.15, 0.2) is 64.3 Å². The van der Waals surface area contributed by atoms with Gasteiger partial charge in [-0.15, -0.1) is 0 Å². The van der Waals surface area contributed by atoms with Crippen molar-refractivity contribution in [3.63, 3.8) is 0 Å². The number of nitrogens with zero attached hydrogens (tertiary/aromatic N) is 1. The summed E-state index contributed by atoms with van der Waals surface area (Å²) in [6.45, 7) is -0.0227. The van der Waals surface area contributed by atoms with E-state index >= 15 is 0 Å². The van der Waals surface area contributed by atoms with Crippen molar-refractivity contribution < 1.29 is 8.42 Å². The molecule has 1 heterocycles. The van der Waals surface area contributed by atoms with Crippen LogP contribution in [0.3, 0.4) is 0 Å². The van der Waals surface area contributed by atoms with Gasteiger partial charge in [0.25, 0.3) is 5.56 Å². The van der Waals surface area contributed by atoms with Gasteiger partial charge in [0.2, 0.25) is 10.0 Å². The normalized spacial score (nSPS) is 12.0. The van der Waals surface area contributed by atoms with Gasteiger partial charge in [-0.1, -0.05) is 29.8 Å². The third kappa shape index (κ3) is 3.21. The molecule has 0 aliphatic heterocycles. The maximum atomic E-state index is 12.6. The maximum Gasteiger partial charge on any atom is 0.252 e. The summed E-state index contributed by atoms with van der Waals surface area (Å²) in [7, 11) is -2.26. The van der Waals surface area contributed by atoms with Crippen LogP contribution in [-0.4, -0.2) is 24.8 Å². The van der Waals surface area contributed by atoms with Crippen molar-refractivity contribution in [2.75, 3.05) is 7.05 Å². The number of H-pyrrole nitrogens is 1. The number of halogens is 1. The number of aromatic nitrogens is 1. The van der Waals surface area contributed by atoms with Gasteiger partial charge in [-0.25, -0.2) is 8.42 Å². The SMILES string of the molecule is CN(Cc1cc2ccccc2[nH]c1=O)S(=O)(=O)c1ccc(Cl)cc1. The van der Waals surface area contributed by atoms with E-state index in [1.165, 1.54) is 31.3 Å². The lowest BCUT2D eigenvalue weighted by Crippen LogP contribution is -2.29. The zero-order chi connectivity index (χ0) is 17.3. The highest BCUT2D eigenvalue weighted by Crippen LogP contribution is 2.19. The fourth-order valence-corrected chi connectivity index (χ4v) is 3.70. The highest BCUT2D eigenvalue weighted by molar-refractivity contribution is 7.89. The standard InChI is InChI=1S/C17H15ClN2O3S/c1-20(24(22,23)15-8-6-14(18)7-9-15)11-13-10-12-4-2-3-5-16(12)19-17(13)21/h2-10H,11H2,1H3,(H,19,21). The largest absolute Gasteiger partial charge is 0.322 e. The van der Waals surface area contributed by atoms with Gasteiger partial charge >= 0.3 is 0 Å². The average molecular weight is 363 g/mol. The molecule has 24 heavy (non-hydrogen) atoms. The number of sulfonamides is 1. The van der Waals surface area contributed by atoms with E-state index in [-0.39, 0.29) is 17.0 Å². The molecule has 0 aliphatic rings. The van der Waals surface area contributed by atoms with Gasteiger partial charge < -0.3 is 4.98 Å². The van der Waals surface area contributed by atoms with Crippen LogP contribution in [0.5, 0.6) is 0 Å². The van der Waals surface area contributed by atoms with E-state index in [4.69, 9.17) is 11.6 Å². The number of hydrogen-bond donors (Lipinski definition) is 1. The first-order valence-electron chi connectivity index (χ1n) is 7.21. The molecule has 0 fully saturated rings. The Morgan fingerprint density at radius 2 is 1.75 bits per heavy atom. The van der Waals surface area contributed by atoms with Crippen molar-refractivity contribution >= 4 is 32.5 Å². The summed E-state index contributed by atoms with van der Waals surface area (Å²) in [4.78, 5) is 15.1. The van der Waals surface area contributed by atoms with Crippen molar-refractivity contribution in [3.8, 4) is 0 Å². The molecule has 1 N–H and O–H groups in total. The summed E-state index contributed by atoms with van der Waals surface area (Å²) in [6, 6.07) is 15.0. The predicted octanol–water partition coefficient (Wildman–Crippen LogP) is 3.00. The van der Waals surface area contributed by atoms with Crippen molar-refractivity contribution in [3.05, 3.63) is 75.5 Å². The minimum absolute atomic E-state index is 0.0227. The Morgan fingerprint density at radius 1 is 1.08 bits per heavy atom. The lowest BCUT2D eigenvalue weighted by Gasteiger charge is -2.17. The van der Waals surface area contributed by atoms with Crippen molar-refractivity contribution in [1.82, 2.24) is 9.29 Å². The highest BCUT2D eigenvalue weighted by atomic mass is 35.5. The lowest BCUT2D eigenvalue weighted by atomic mass is 10.1. The molecule has 0 bridgehead atoms. The third-order valence-corrected chi connectivity index (χ3v) is 5.81. The quantitative estimate of drug-likeness (QED) is 0.775. The number of rotatable bonds is 4. The molecule has 0 amide bonds. The molecule has 7 heteroatoms. The van der Waals surface area contributed by atoms with Crippen LogP contribution in [0.4, 0.5) is 0 Å². The molecular weight excluding hydrogens is 348 g/mol. The van der Waals surface area contributed by atoms with Crippen LogP contribution in [0, 0.1) is 0 Å².